The van der Waals surface area contributed by atoms with Gasteiger partial charge in [0.2, 0.25) is 0 Å². The molecule has 7 nitrogen and oxygen atoms in total. The van der Waals surface area contributed by atoms with Gasteiger partial charge >= 0.3 is 0 Å². The Hall–Kier alpha value is -1.86. The van der Waals surface area contributed by atoms with Crippen LogP contribution in [0.3, 0.4) is 0 Å². The first-order valence-corrected chi connectivity index (χ1v) is 6.41. The van der Waals surface area contributed by atoms with E-state index in [0.717, 1.165) is 25.0 Å². The lowest BCUT2D eigenvalue weighted by molar-refractivity contribution is -0.385. The van der Waals surface area contributed by atoms with Crippen molar-refractivity contribution in [2.45, 2.75) is 38.3 Å². The molecule has 0 unspecified atom stereocenters. The number of nitrogens with zero attached hydrogens (tertiary/aromatic N) is 1. The Balaban J connectivity index is 3.14. The van der Waals surface area contributed by atoms with Crippen LogP contribution in [0.2, 0.25) is 0 Å². The van der Waals surface area contributed by atoms with Gasteiger partial charge in [0, 0.05) is 11.6 Å². The van der Waals surface area contributed by atoms with Gasteiger partial charge in [-0.3, -0.25) is 10.1 Å². The Morgan fingerprint density at radius 2 is 2.15 bits per heavy atom. The van der Waals surface area contributed by atoms with Crippen LogP contribution < -0.4 is 10.5 Å². The van der Waals surface area contributed by atoms with Crippen molar-refractivity contribution in [1.29, 1.82) is 0 Å². The predicted octanol–water partition coefficient (Wildman–Crippen LogP) is 1.86. The Morgan fingerprint density at radius 3 is 2.65 bits per heavy atom. The third-order valence-corrected chi connectivity index (χ3v) is 3.15. The number of non-ortho nitro benzene ring substituents is 1. The molecule has 0 aromatic heterocycles. The number of methoxy groups -OCH3 is 1. The van der Waals surface area contributed by atoms with E-state index >= 15 is 0 Å². The number of ether oxygens (including phenoxy) is 1. The van der Waals surface area contributed by atoms with E-state index < -0.39 is 17.1 Å². The number of benzene rings is 1. The van der Waals surface area contributed by atoms with Gasteiger partial charge in [-0.2, -0.15) is 0 Å². The number of aliphatic hydroxyl groups excluding tert-OH is 1. The number of hydrogen-bond donors (Lipinski definition) is 3. The minimum absolute atomic E-state index is 0.0349. The van der Waals surface area contributed by atoms with Gasteiger partial charge in [-0.15, -0.1) is 0 Å². The summed E-state index contributed by atoms with van der Waals surface area (Å²) in [6.45, 7) is 1.98. The maximum absolute atomic E-state index is 10.9. The summed E-state index contributed by atoms with van der Waals surface area (Å²) < 4.78 is 4.90. The molecule has 1 rings (SSSR count). The number of rotatable bonds is 7. The van der Waals surface area contributed by atoms with Crippen molar-refractivity contribution in [2.24, 2.45) is 5.73 Å². The lowest BCUT2D eigenvalue weighted by Gasteiger charge is -2.20. The first-order valence-electron chi connectivity index (χ1n) is 6.41. The molecule has 4 N–H and O–H groups in total. The van der Waals surface area contributed by atoms with E-state index in [1.54, 1.807) is 0 Å². The summed E-state index contributed by atoms with van der Waals surface area (Å²) in [4.78, 5) is 10.3. The highest BCUT2D eigenvalue weighted by molar-refractivity contribution is 5.54. The molecule has 0 aliphatic heterocycles. The van der Waals surface area contributed by atoms with Crippen LogP contribution in [0, 0.1) is 10.1 Å². The Bertz CT molecular complexity index is 478. The van der Waals surface area contributed by atoms with Gasteiger partial charge in [0.25, 0.3) is 5.69 Å². The number of nitro benzene ring substituents is 1. The fourth-order valence-corrected chi connectivity index (χ4v) is 1.93. The second kappa shape index (κ2) is 7.06. The molecule has 20 heavy (non-hydrogen) atoms. The molecule has 0 amide bonds. The van der Waals surface area contributed by atoms with Crippen LogP contribution in [0.25, 0.3) is 0 Å². The normalized spacial score (nSPS) is 13.8. The number of phenolic OH excluding ortho intramolecular Hbond substituents is 1. The van der Waals surface area contributed by atoms with Crippen molar-refractivity contribution in [2.75, 3.05) is 7.11 Å². The molecule has 0 saturated carbocycles. The van der Waals surface area contributed by atoms with Crippen LogP contribution in [0.5, 0.6) is 11.5 Å². The highest BCUT2D eigenvalue weighted by atomic mass is 16.6. The molecule has 0 spiro atoms. The quantitative estimate of drug-likeness (QED) is 0.519. The first kappa shape index (κ1) is 16.2. The summed E-state index contributed by atoms with van der Waals surface area (Å²) in [5, 5.41) is 30.8. The van der Waals surface area contributed by atoms with Crippen LogP contribution in [0.1, 0.15) is 37.8 Å². The van der Waals surface area contributed by atoms with Crippen LogP contribution in [-0.2, 0) is 0 Å². The van der Waals surface area contributed by atoms with Gasteiger partial charge in [0.15, 0.2) is 11.5 Å². The Kier molecular flexibility index (Phi) is 5.72. The molecule has 0 aliphatic rings. The van der Waals surface area contributed by atoms with E-state index in [9.17, 15) is 20.3 Å². The molecule has 0 heterocycles. The average molecular weight is 284 g/mol. The van der Waals surface area contributed by atoms with Crippen LogP contribution >= 0.6 is 0 Å². The van der Waals surface area contributed by atoms with Gasteiger partial charge in [0.1, 0.15) is 0 Å². The average Bonchev–Trinajstić information content (AvgIpc) is 2.43. The fraction of sp³-hybridized carbons (Fsp3) is 0.538. The third-order valence-electron chi connectivity index (χ3n) is 3.15. The number of nitrogens with two attached hydrogens (primary N) is 1. The standard InChI is InChI=1S/C13H20N2O5/c1-3-4-5-10(16)12(14)9-6-8(15(18)19)7-11(20-2)13(9)17/h6-7,10,12,16-17H,3-5,14H2,1-2H3/t10-,12+/m1/s1. The second-order valence-corrected chi connectivity index (χ2v) is 4.58. The van der Waals surface area contributed by atoms with Gasteiger partial charge in [-0.25, -0.2) is 0 Å². The summed E-state index contributed by atoms with van der Waals surface area (Å²) in [5.41, 5.74) is 5.75. The summed E-state index contributed by atoms with van der Waals surface area (Å²) in [5.74, 6) is -0.312. The number of hydrogen-bond acceptors (Lipinski definition) is 6. The Morgan fingerprint density at radius 1 is 1.50 bits per heavy atom. The van der Waals surface area contributed by atoms with Crippen LogP contribution in [0.4, 0.5) is 5.69 Å². The van der Waals surface area contributed by atoms with Crippen molar-refractivity contribution < 1.29 is 19.9 Å². The molecular weight excluding hydrogens is 264 g/mol. The largest absolute Gasteiger partial charge is 0.504 e. The van der Waals surface area contributed by atoms with E-state index in [2.05, 4.69) is 0 Å². The summed E-state index contributed by atoms with van der Waals surface area (Å²) in [6, 6.07) is 1.37. The van der Waals surface area contributed by atoms with Gasteiger partial charge in [0.05, 0.1) is 30.2 Å². The molecule has 1 aromatic rings. The van der Waals surface area contributed by atoms with Crippen molar-refractivity contribution in [3.63, 3.8) is 0 Å². The summed E-state index contributed by atoms with van der Waals surface area (Å²) in [6.07, 6.45) is 1.25. The zero-order valence-corrected chi connectivity index (χ0v) is 11.6. The number of nitro groups is 1. The molecule has 0 saturated heterocycles. The number of phenols is 1. The Labute approximate surface area is 117 Å². The van der Waals surface area contributed by atoms with Gasteiger partial charge in [-0.05, 0) is 6.42 Å². The molecule has 2 atom stereocenters. The minimum atomic E-state index is -0.907. The SMILES string of the molecule is CCCC[C@@H](O)[C@@H](N)c1cc([N+](=O)[O-])cc(OC)c1O. The molecule has 1 aromatic carbocycles. The van der Waals surface area contributed by atoms with E-state index in [1.165, 1.54) is 7.11 Å². The first-order chi connectivity index (χ1) is 9.42. The molecular formula is C13H20N2O5. The maximum Gasteiger partial charge on any atom is 0.273 e. The third kappa shape index (κ3) is 3.58. The number of unbranched alkanes of at least 4 members (excludes halogenated alkanes) is 1. The topological polar surface area (TPSA) is 119 Å². The lowest BCUT2D eigenvalue weighted by Crippen LogP contribution is -2.26. The zero-order chi connectivity index (χ0) is 15.3. The van der Waals surface area contributed by atoms with Gasteiger partial charge in [-0.1, -0.05) is 19.8 Å². The number of aromatic hydroxyl groups is 1. The van der Waals surface area contributed by atoms with Crippen molar-refractivity contribution in [1.82, 2.24) is 0 Å². The van der Waals surface area contributed by atoms with Crippen LogP contribution in [-0.4, -0.2) is 28.4 Å². The van der Waals surface area contributed by atoms with E-state index in [4.69, 9.17) is 10.5 Å². The van der Waals surface area contributed by atoms with Gasteiger partial charge < -0.3 is 20.7 Å². The summed E-state index contributed by atoms with van der Waals surface area (Å²) in [7, 11) is 1.29. The predicted molar refractivity (Wildman–Crippen MR) is 73.8 cm³/mol. The van der Waals surface area contributed by atoms with Crippen molar-refractivity contribution in [3.8, 4) is 11.5 Å². The molecule has 0 radical (unpaired) electrons. The van der Waals surface area contributed by atoms with E-state index in [0.29, 0.717) is 6.42 Å². The number of aliphatic hydroxyl groups is 1. The summed E-state index contributed by atoms with van der Waals surface area (Å²) >= 11 is 0. The monoisotopic (exact) mass is 284 g/mol. The van der Waals surface area contributed by atoms with Crippen molar-refractivity contribution >= 4 is 5.69 Å². The fourth-order valence-electron chi connectivity index (χ4n) is 1.93. The molecule has 7 heteroatoms. The molecule has 0 aliphatic carbocycles. The lowest BCUT2D eigenvalue weighted by atomic mass is 9.96. The highest BCUT2D eigenvalue weighted by Gasteiger charge is 2.25. The molecule has 112 valence electrons. The smallest absolute Gasteiger partial charge is 0.273 e. The van der Waals surface area contributed by atoms with E-state index in [1.807, 2.05) is 6.92 Å². The second-order valence-electron chi connectivity index (χ2n) is 4.58. The zero-order valence-electron chi connectivity index (χ0n) is 11.6. The maximum atomic E-state index is 10.9. The van der Waals surface area contributed by atoms with E-state index in [-0.39, 0.29) is 22.7 Å². The van der Waals surface area contributed by atoms with Crippen LogP contribution in [0.15, 0.2) is 12.1 Å². The van der Waals surface area contributed by atoms with Crippen molar-refractivity contribution in [3.05, 3.63) is 27.8 Å². The minimum Gasteiger partial charge on any atom is -0.504 e. The molecule has 0 fully saturated rings. The molecule has 0 bridgehead atoms. The highest BCUT2D eigenvalue weighted by Crippen LogP contribution is 2.38.